The van der Waals surface area contributed by atoms with Gasteiger partial charge in [-0.25, -0.2) is 4.68 Å². The summed E-state index contributed by atoms with van der Waals surface area (Å²) in [5.41, 5.74) is 4.05. The predicted octanol–water partition coefficient (Wildman–Crippen LogP) is 3.60. The third kappa shape index (κ3) is 2.36. The van der Waals surface area contributed by atoms with Crippen LogP contribution < -0.4 is 0 Å². The van der Waals surface area contributed by atoms with Gasteiger partial charge in [-0.3, -0.25) is 0 Å². The standard InChI is InChI=1S/C21H18N4O/c26-15(14-25-21-12-6-3-9-18(21)22-23-25)13-24-19-10-4-1-7-16(19)17-8-2-5-11-20(17)24/h1-12,15,26H,13-14H2/t15-/m0/s1. The minimum Gasteiger partial charge on any atom is -0.389 e. The molecular weight excluding hydrogens is 324 g/mol. The van der Waals surface area contributed by atoms with E-state index < -0.39 is 6.10 Å². The zero-order chi connectivity index (χ0) is 17.5. The molecule has 5 aromatic rings. The van der Waals surface area contributed by atoms with Gasteiger partial charge in [0.25, 0.3) is 0 Å². The molecule has 0 radical (unpaired) electrons. The molecule has 0 unspecified atom stereocenters. The van der Waals surface area contributed by atoms with Gasteiger partial charge in [-0.2, -0.15) is 0 Å². The highest BCUT2D eigenvalue weighted by atomic mass is 16.3. The van der Waals surface area contributed by atoms with Crippen molar-refractivity contribution >= 4 is 32.8 Å². The van der Waals surface area contributed by atoms with Crippen molar-refractivity contribution in [2.75, 3.05) is 0 Å². The quantitative estimate of drug-likeness (QED) is 0.543. The predicted molar refractivity (Wildman–Crippen MR) is 103 cm³/mol. The van der Waals surface area contributed by atoms with Gasteiger partial charge in [-0.15, -0.1) is 5.10 Å². The molecular formula is C21H18N4O. The fraction of sp³-hybridized carbons (Fsp3) is 0.143. The van der Waals surface area contributed by atoms with Crippen molar-refractivity contribution in [1.29, 1.82) is 0 Å². The summed E-state index contributed by atoms with van der Waals surface area (Å²) in [6.45, 7) is 0.906. The molecule has 2 aromatic heterocycles. The first-order valence-electron chi connectivity index (χ1n) is 8.73. The van der Waals surface area contributed by atoms with Crippen LogP contribution in [0.4, 0.5) is 0 Å². The largest absolute Gasteiger partial charge is 0.389 e. The summed E-state index contributed by atoms with van der Waals surface area (Å²) in [5, 5.41) is 21.5. The second kappa shape index (κ2) is 5.97. The summed E-state index contributed by atoms with van der Waals surface area (Å²) in [7, 11) is 0. The maximum absolute atomic E-state index is 10.8. The number of aromatic nitrogens is 4. The normalized spacial score (nSPS) is 13.0. The highest BCUT2D eigenvalue weighted by Gasteiger charge is 2.15. The van der Waals surface area contributed by atoms with Crippen molar-refractivity contribution in [3.8, 4) is 0 Å². The van der Waals surface area contributed by atoms with Crippen LogP contribution >= 0.6 is 0 Å². The molecule has 26 heavy (non-hydrogen) atoms. The van der Waals surface area contributed by atoms with Crippen molar-refractivity contribution in [1.82, 2.24) is 19.6 Å². The van der Waals surface area contributed by atoms with Crippen LogP contribution in [-0.4, -0.2) is 30.8 Å². The fourth-order valence-electron chi connectivity index (χ4n) is 3.72. The van der Waals surface area contributed by atoms with E-state index in [4.69, 9.17) is 0 Å². The molecule has 5 rings (SSSR count). The summed E-state index contributed by atoms with van der Waals surface area (Å²) in [5.74, 6) is 0. The Balaban J connectivity index is 1.52. The Morgan fingerprint density at radius 3 is 2.00 bits per heavy atom. The second-order valence-corrected chi connectivity index (χ2v) is 6.56. The molecule has 0 bridgehead atoms. The van der Waals surface area contributed by atoms with E-state index in [9.17, 15) is 5.11 Å². The van der Waals surface area contributed by atoms with Gasteiger partial charge in [0, 0.05) is 21.8 Å². The van der Waals surface area contributed by atoms with Gasteiger partial charge in [0.1, 0.15) is 5.52 Å². The van der Waals surface area contributed by atoms with Gasteiger partial charge < -0.3 is 9.67 Å². The van der Waals surface area contributed by atoms with Crippen molar-refractivity contribution in [2.24, 2.45) is 0 Å². The molecule has 0 aliphatic heterocycles. The Kier molecular flexibility index (Phi) is 3.47. The Hall–Kier alpha value is -3.18. The number of nitrogens with zero attached hydrogens (tertiary/aromatic N) is 4. The lowest BCUT2D eigenvalue weighted by molar-refractivity contribution is 0.133. The average Bonchev–Trinajstić information content (AvgIpc) is 3.22. The first-order valence-corrected chi connectivity index (χ1v) is 8.73. The molecule has 1 N–H and O–H groups in total. The number of para-hydroxylation sites is 3. The van der Waals surface area contributed by atoms with E-state index >= 15 is 0 Å². The number of benzene rings is 3. The van der Waals surface area contributed by atoms with Gasteiger partial charge in [-0.1, -0.05) is 53.7 Å². The summed E-state index contributed by atoms with van der Waals surface area (Å²) in [6, 6.07) is 24.5. The molecule has 5 heteroatoms. The van der Waals surface area contributed by atoms with Crippen LogP contribution in [0, 0.1) is 0 Å². The van der Waals surface area contributed by atoms with Crippen molar-refractivity contribution in [3.05, 3.63) is 72.8 Å². The molecule has 5 nitrogen and oxygen atoms in total. The number of aliphatic hydroxyl groups excluding tert-OH is 1. The topological polar surface area (TPSA) is 55.9 Å². The molecule has 0 aliphatic rings. The monoisotopic (exact) mass is 342 g/mol. The van der Waals surface area contributed by atoms with Crippen molar-refractivity contribution in [2.45, 2.75) is 19.2 Å². The lowest BCUT2D eigenvalue weighted by Crippen LogP contribution is -2.22. The first kappa shape index (κ1) is 15.1. The van der Waals surface area contributed by atoms with Gasteiger partial charge >= 0.3 is 0 Å². The number of hydrogen-bond donors (Lipinski definition) is 1. The third-order valence-corrected chi connectivity index (χ3v) is 4.88. The van der Waals surface area contributed by atoms with Gasteiger partial charge in [0.05, 0.1) is 24.7 Å². The van der Waals surface area contributed by atoms with Crippen molar-refractivity contribution in [3.63, 3.8) is 0 Å². The molecule has 3 aromatic carbocycles. The highest BCUT2D eigenvalue weighted by molar-refractivity contribution is 6.07. The van der Waals surface area contributed by atoms with Crippen LogP contribution in [0.5, 0.6) is 0 Å². The molecule has 2 heterocycles. The SMILES string of the molecule is O[C@H](Cn1nnc2ccccc21)Cn1c2ccccc2c2ccccc21. The van der Waals surface area contributed by atoms with Crippen LogP contribution in [0.3, 0.4) is 0 Å². The summed E-state index contributed by atoms with van der Waals surface area (Å²) >= 11 is 0. The molecule has 0 amide bonds. The number of fused-ring (bicyclic) bond motifs is 4. The second-order valence-electron chi connectivity index (χ2n) is 6.56. The van der Waals surface area contributed by atoms with E-state index in [-0.39, 0.29) is 0 Å². The molecule has 0 fully saturated rings. The molecule has 0 aliphatic carbocycles. The zero-order valence-corrected chi connectivity index (χ0v) is 14.2. The molecule has 0 spiro atoms. The Morgan fingerprint density at radius 1 is 0.731 bits per heavy atom. The van der Waals surface area contributed by atoms with Gasteiger partial charge in [0.2, 0.25) is 0 Å². The molecule has 0 saturated heterocycles. The van der Waals surface area contributed by atoms with Crippen LogP contribution in [0.2, 0.25) is 0 Å². The van der Waals surface area contributed by atoms with E-state index in [1.165, 1.54) is 10.8 Å². The van der Waals surface area contributed by atoms with Crippen LogP contribution in [-0.2, 0) is 13.1 Å². The van der Waals surface area contributed by atoms with Gasteiger partial charge in [0.15, 0.2) is 0 Å². The average molecular weight is 342 g/mol. The van der Waals surface area contributed by atoms with E-state index in [1.54, 1.807) is 4.68 Å². The van der Waals surface area contributed by atoms with Gasteiger partial charge in [-0.05, 0) is 24.3 Å². The Bertz CT molecular complexity index is 1170. The highest BCUT2D eigenvalue weighted by Crippen LogP contribution is 2.29. The number of hydrogen-bond acceptors (Lipinski definition) is 3. The molecule has 0 saturated carbocycles. The van der Waals surface area contributed by atoms with E-state index in [0.717, 1.165) is 22.1 Å². The fourth-order valence-corrected chi connectivity index (χ4v) is 3.72. The Labute approximate surface area is 150 Å². The minimum absolute atomic E-state index is 0.404. The van der Waals surface area contributed by atoms with E-state index in [0.29, 0.717) is 13.1 Å². The minimum atomic E-state index is -0.570. The first-order chi connectivity index (χ1) is 12.8. The molecule has 1 atom stereocenters. The van der Waals surface area contributed by atoms with E-state index in [2.05, 4.69) is 51.3 Å². The lowest BCUT2D eigenvalue weighted by Gasteiger charge is -2.14. The molecule has 128 valence electrons. The smallest absolute Gasteiger partial charge is 0.113 e. The van der Waals surface area contributed by atoms with Crippen LogP contribution in [0.15, 0.2) is 72.8 Å². The summed E-state index contributed by atoms with van der Waals surface area (Å²) in [6.07, 6.45) is -0.570. The summed E-state index contributed by atoms with van der Waals surface area (Å²) in [4.78, 5) is 0. The lowest BCUT2D eigenvalue weighted by atomic mass is 10.2. The summed E-state index contributed by atoms with van der Waals surface area (Å²) < 4.78 is 3.96. The maximum Gasteiger partial charge on any atom is 0.113 e. The third-order valence-electron chi connectivity index (χ3n) is 4.88. The van der Waals surface area contributed by atoms with E-state index in [1.807, 2.05) is 36.4 Å². The number of aliphatic hydroxyl groups is 1. The zero-order valence-electron chi connectivity index (χ0n) is 14.2. The van der Waals surface area contributed by atoms with Crippen LogP contribution in [0.1, 0.15) is 0 Å². The van der Waals surface area contributed by atoms with Crippen LogP contribution in [0.25, 0.3) is 32.8 Å². The van der Waals surface area contributed by atoms with Crippen molar-refractivity contribution < 1.29 is 5.11 Å². The maximum atomic E-state index is 10.8. The number of rotatable bonds is 4. The Morgan fingerprint density at radius 2 is 1.31 bits per heavy atom.